The van der Waals surface area contributed by atoms with Gasteiger partial charge in [-0.25, -0.2) is 4.98 Å². The minimum Gasteiger partial charge on any atom is -0.449 e. The maximum atomic E-state index is 11.8. The molecule has 0 aliphatic heterocycles. The van der Waals surface area contributed by atoms with Crippen LogP contribution in [0.25, 0.3) is 22.1 Å². The van der Waals surface area contributed by atoms with Gasteiger partial charge in [0, 0.05) is 5.39 Å². The Kier molecular flexibility index (Phi) is 2.02. The van der Waals surface area contributed by atoms with Crippen molar-refractivity contribution in [2.24, 2.45) is 5.73 Å². The minimum absolute atomic E-state index is 0.198. The summed E-state index contributed by atoms with van der Waals surface area (Å²) in [4.78, 5) is 18.7. The van der Waals surface area contributed by atoms with E-state index in [1.165, 1.54) is 0 Å². The molecule has 0 amide bonds. The molecule has 0 spiro atoms. The molecule has 0 aliphatic carbocycles. The van der Waals surface area contributed by atoms with Crippen molar-refractivity contribution in [3.63, 3.8) is 0 Å². The molecular formula is C12H11N3O2. The number of nitrogens with two attached hydrogens (primary N) is 1. The Morgan fingerprint density at radius 2 is 2.29 bits per heavy atom. The summed E-state index contributed by atoms with van der Waals surface area (Å²) in [6.07, 6.45) is 0. The van der Waals surface area contributed by atoms with Crippen molar-refractivity contribution >= 4 is 22.1 Å². The Balaban J connectivity index is 2.54. The van der Waals surface area contributed by atoms with Crippen LogP contribution in [0.15, 0.2) is 27.4 Å². The van der Waals surface area contributed by atoms with Crippen LogP contribution >= 0.6 is 0 Å². The third-order valence-electron chi connectivity index (χ3n) is 2.72. The van der Waals surface area contributed by atoms with Gasteiger partial charge in [0.15, 0.2) is 0 Å². The van der Waals surface area contributed by atoms with Crippen LogP contribution in [-0.4, -0.2) is 9.97 Å². The van der Waals surface area contributed by atoms with Gasteiger partial charge in [-0.2, -0.15) is 0 Å². The van der Waals surface area contributed by atoms with Gasteiger partial charge >= 0.3 is 0 Å². The van der Waals surface area contributed by atoms with E-state index in [2.05, 4.69) is 9.97 Å². The van der Waals surface area contributed by atoms with E-state index in [9.17, 15) is 4.79 Å². The maximum absolute atomic E-state index is 11.8. The van der Waals surface area contributed by atoms with Crippen LogP contribution in [0.2, 0.25) is 0 Å². The molecule has 0 fully saturated rings. The summed E-state index contributed by atoms with van der Waals surface area (Å²) in [6, 6.07) is 5.73. The van der Waals surface area contributed by atoms with Crippen molar-refractivity contribution in [2.45, 2.75) is 13.5 Å². The van der Waals surface area contributed by atoms with Gasteiger partial charge in [-0.05, 0) is 19.1 Å². The number of fused-ring (bicyclic) bond motifs is 3. The first-order valence-electron chi connectivity index (χ1n) is 5.31. The highest BCUT2D eigenvalue weighted by Gasteiger charge is 2.12. The summed E-state index contributed by atoms with van der Waals surface area (Å²) in [5, 5.41) is 0.848. The number of H-pyrrole nitrogens is 1. The molecule has 1 aromatic carbocycles. The molecule has 2 aromatic heterocycles. The van der Waals surface area contributed by atoms with Crippen LogP contribution in [0.5, 0.6) is 0 Å². The second-order valence-electron chi connectivity index (χ2n) is 4.00. The van der Waals surface area contributed by atoms with Gasteiger partial charge in [-0.15, -0.1) is 0 Å². The Hall–Kier alpha value is -2.14. The molecule has 3 rings (SSSR count). The number of rotatable bonds is 1. The number of hydrogen-bond donors (Lipinski definition) is 2. The van der Waals surface area contributed by atoms with Crippen molar-refractivity contribution in [1.82, 2.24) is 9.97 Å². The van der Waals surface area contributed by atoms with E-state index >= 15 is 0 Å². The monoisotopic (exact) mass is 229 g/mol. The van der Waals surface area contributed by atoms with Crippen molar-refractivity contribution in [1.29, 1.82) is 0 Å². The number of aromatic nitrogens is 2. The first-order valence-corrected chi connectivity index (χ1v) is 5.31. The van der Waals surface area contributed by atoms with Crippen LogP contribution in [0, 0.1) is 6.92 Å². The highest BCUT2D eigenvalue weighted by molar-refractivity contribution is 6.02. The quantitative estimate of drug-likeness (QED) is 0.661. The van der Waals surface area contributed by atoms with Crippen LogP contribution in [0.3, 0.4) is 0 Å². The Labute approximate surface area is 96.3 Å². The largest absolute Gasteiger partial charge is 0.449 e. The molecule has 5 heteroatoms. The van der Waals surface area contributed by atoms with Crippen LogP contribution in [0.1, 0.15) is 11.4 Å². The third-order valence-corrected chi connectivity index (χ3v) is 2.72. The Morgan fingerprint density at radius 1 is 1.47 bits per heavy atom. The second-order valence-corrected chi connectivity index (χ2v) is 4.00. The second kappa shape index (κ2) is 3.43. The van der Waals surface area contributed by atoms with Gasteiger partial charge in [-0.3, -0.25) is 4.79 Å². The normalized spacial score (nSPS) is 11.4. The topological polar surface area (TPSA) is 84.9 Å². The first kappa shape index (κ1) is 10.0. The van der Waals surface area contributed by atoms with E-state index < -0.39 is 0 Å². The van der Waals surface area contributed by atoms with Gasteiger partial charge in [0.2, 0.25) is 5.58 Å². The van der Waals surface area contributed by atoms with Crippen molar-refractivity contribution in [3.8, 4) is 0 Å². The minimum atomic E-state index is -0.288. The SMILES string of the molecule is Cc1ccc2oc3c(=O)[nH]c(CN)nc3c2c1. The molecular weight excluding hydrogens is 218 g/mol. The molecule has 0 saturated heterocycles. The maximum Gasteiger partial charge on any atom is 0.294 e. The summed E-state index contributed by atoms with van der Waals surface area (Å²) < 4.78 is 5.49. The Bertz CT molecular complexity index is 770. The number of furan rings is 1. The van der Waals surface area contributed by atoms with Gasteiger partial charge in [0.05, 0.1) is 6.54 Å². The van der Waals surface area contributed by atoms with Gasteiger partial charge in [-0.1, -0.05) is 11.6 Å². The number of aromatic amines is 1. The summed E-state index contributed by atoms with van der Waals surface area (Å²) in [5.41, 5.74) is 7.79. The fourth-order valence-corrected chi connectivity index (χ4v) is 1.91. The lowest BCUT2D eigenvalue weighted by atomic mass is 10.2. The molecule has 0 unspecified atom stereocenters. The fourth-order valence-electron chi connectivity index (χ4n) is 1.91. The van der Waals surface area contributed by atoms with Gasteiger partial charge in [0.25, 0.3) is 5.56 Å². The predicted molar refractivity (Wildman–Crippen MR) is 64.8 cm³/mol. The van der Waals surface area contributed by atoms with E-state index in [1.54, 1.807) is 0 Å². The summed E-state index contributed by atoms with van der Waals surface area (Å²) in [7, 11) is 0. The molecule has 0 aliphatic rings. The predicted octanol–water partition coefficient (Wildman–Crippen LogP) is 1.44. The Morgan fingerprint density at radius 3 is 3.06 bits per heavy atom. The average Bonchev–Trinajstić information content (AvgIpc) is 2.68. The van der Waals surface area contributed by atoms with Gasteiger partial charge in [0.1, 0.15) is 16.9 Å². The molecule has 0 bridgehead atoms. The highest BCUT2D eigenvalue weighted by Crippen LogP contribution is 2.25. The summed E-state index contributed by atoms with van der Waals surface area (Å²) >= 11 is 0. The highest BCUT2D eigenvalue weighted by atomic mass is 16.3. The zero-order valence-corrected chi connectivity index (χ0v) is 9.28. The number of benzene rings is 1. The fraction of sp³-hybridized carbons (Fsp3) is 0.167. The van der Waals surface area contributed by atoms with E-state index in [-0.39, 0.29) is 17.7 Å². The smallest absolute Gasteiger partial charge is 0.294 e. The van der Waals surface area contributed by atoms with Crippen molar-refractivity contribution < 1.29 is 4.42 Å². The third kappa shape index (κ3) is 1.43. The number of nitrogens with one attached hydrogen (secondary N) is 1. The molecule has 0 saturated carbocycles. The van der Waals surface area contributed by atoms with Gasteiger partial charge < -0.3 is 15.1 Å². The van der Waals surface area contributed by atoms with Crippen molar-refractivity contribution in [2.75, 3.05) is 0 Å². The van der Waals surface area contributed by atoms with Crippen LogP contribution in [0.4, 0.5) is 0 Å². The van der Waals surface area contributed by atoms with E-state index in [0.717, 1.165) is 10.9 Å². The number of hydrogen-bond acceptors (Lipinski definition) is 4. The lowest BCUT2D eigenvalue weighted by Crippen LogP contribution is -2.13. The molecule has 0 atom stereocenters. The molecule has 17 heavy (non-hydrogen) atoms. The average molecular weight is 229 g/mol. The molecule has 3 aromatic rings. The summed E-state index contributed by atoms with van der Waals surface area (Å²) in [5.74, 6) is 0.465. The zero-order chi connectivity index (χ0) is 12.0. The van der Waals surface area contributed by atoms with E-state index in [4.69, 9.17) is 10.2 Å². The number of nitrogens with zero attached hydrogens (tertiary/aromatic N) is 1. The molecule has 86 valence electrons. The number of aryl methyl sites for hydroxylation is 1. The lowest BCUT2D eigenvalue weighted by molar-refractivity contribution is 0.659. The van der Waals surface area contributed by atoms with E-state index in [0.29, 0.717) is 16.9 Å². The molecule has 2 heterocycles. The van der Waals surface area contributed by atoms with Crippen LogP contribution in [-0.2, 0) is 6.54 Å². The van der Waals surface area contributed by atoms with Crippen molar-refractivity contribution in [3.05, 3.63) is 39.9 Å². The summed E-state index contributed by atoms with van der Waals surface area (Å²) in [6.45, 7) is 2.18. The van der Waals surface area contributed by atoms with E-state index in [1.807, 2.05) is 25.1 Å². The first-order chi connectivity index (χ1) is 8.19. The standard InChI is InChI=1S/C12H11N3O2/c1-6-2-3-8-7(4-6)10-11(17-8)12(16)15-9(5-13)14-10/h2-4H,5,13H2,1H3,(H,14,15,16). The molecule has 3 N–H and O–H groups in total. The molecule has 0 radical (unpaired) electrons. The zero-order valence-electron chi connectivity index (χ0n) is 9.28. The van der Waals surface area contributed by atoms with Crippen LogP contribution < -0.4 is 11.3 Å². The molecule has 5 nitrogen and oxygen atoms in total. The lowest BCUT2D eigenvalue weighted by Gasteiger charge is -1.95.